The quantitative estimate of drug-likeness (QED) is 0.598. The molecule has 6 heteroatoms. The van der Waals surface area contributed by atoms with Crippen molar-refractivity contribution in [2.75, 3.05) is 0 Å². The Morgan fingerprint density at radius 3 is 0.630 bits per heavy atom. The van der Waals surface area contributed by atoms with Gasteiger partial charge in [0.05, 0.1) is 17.1 Å². The largest absolute Gasteiger partial charge is 0.335 e. The number of aryl methyl sites for hydroxylation is 6. The lowest BCUT2D eigenvalue weighted by Crippen LogP contribution is -1.92. The second-order valence-electron chi connectivity index (χ2n) is 7.17. The van der Waals surface area contributed by atoms with Crippen molar-refractivity contribution in [3.63, 3.8) is 0 Å². The van der Waals surface area contributed by atoms with E-state index in [9.17, 15) is 0 Å². The number of hydrogen-bond donors (Lipinski definition) is 0. The molecule has 0 amide bonds. The Hall–Kier alpha value is -2.37. The van der Waals surface area contributed by atoms with Crippen molar-refractivity contribution in [3.05, 3.63) is 51.6 Å². The van der Waals surface area contributed by atoms with Gasteiger partial charge in [0.25, 0.3) is 0 Å². The number of aromatic nitrogens is 6. The second-order valence-corrected chi connectivity index (χ2v) is 7.17. The lowest BCUT2D eigenvalue weighted by atomic mass is 10.4. The molecule has 0 fully saturated rings. The van der Waals surface area contributed by atoms with Crippen LogP contribution in [0.5, 0.6) is 0 Å². The summed E-state index contributed by atoms with van der Waals surface area (Å²) in [6.07, 6.45) is 0. The first kappa shape index (κ1) is 22.7. The van der Waals surface area contributed by atoms with Gasteiger partial charge in [0.15, 0.2) is 0 Å². The van der Waals surface area contributed by atoms with E-state index in [0.717, 1.165) is 34.6 Å². The predicted molar refractivity (Wildman–Crippen MR) is 112 cm³/mol. The minimum Gasteiger partial charge on any atom is -0.335 e. The molecule has 3 aromatic rings. The molecule has 0 aliphatic rings. The van der Waals surface area contributed by atoms with E-state index in [1.54, 1.807) is 0 Å². The van der Waals surface area contributed by atoms with Gasteiger partial charge in [-0.25, -0.2) is 15.0 Å². The molecule has 0 atom stereocenters. The highest BCUT2D eigenvalue weighted by Crippen LogP contribution is 2.06. The first-order valence-electron chi connectivity index (χ1n) is 9.27. The number of rotatable bonds is 0. The molecular formula is C21H36N6. The molecule has 0 radical (unpaired) electrons. The molecule has 150 valence electrons. The van der Waals surface area contributed by atoms with Gasteiger partial charge in [-0.3, -0.25) is 0 Å². The van der Waals surface area contributed by atoms with Crippen molar-refractivity contribution < 1.29 is 0 Å². The SMILES string of the molecule is Cc1nc(C)n(C)c1C.Cc1nc(C)n(C)c1C.Cc1nc(C)n(C)c1C. The highest BCUT2D eigenvalue weighted by atomic mass is 15.1. The Morgan fingerprint density at radius 1 is 0.407 bits per heavy atom. The summed E-state index contributed by atoms with van der Waals surface area (Å²) in [5.41, 5.74) is 7.17. The van der Waals surface area contributed by atoms with Gasteiger partial charge in [-0.2, -0.15) is 0 Å². The van der Waals surface area contributed by atoms with E-state index in [0.29, 0.717) is 0 Å². The normalized spacial score (nSPS) is 10.2. The van der Waals surface area contributed by atoms with Crippen LogP contribution in [-0.2, 0) is 21.1 Å². The van der Waals surface area contributed by atoms with Gasteiger partial charge in [0, 0.05) is 38.2 Å². The van der Waals surface area contributed by atoms with E-state index in [-0.39, 0.29) is 0 Å². The van der Waals surface area contributed by atoms with Gasteiger partial charge in [0.1, 0.15) is 17.5 Å². The van der Waals surface area contributed by atoms with E-state index in [2.05, 4.69) is 49.4 Å². The number of hydrogen-bond acceptors (Lipinski definition) is 3. The Bertz CT molecular complexity index is 721. The third kappa shape index (κ3) is 5.31. The summed E-state index contributed by atoms with van der Waals surface area (Å²) in [4.78, 5) is 12.8. The van der Waals surface area contributed by atoms with Crippen LogP contribution in [0.2, 0.25) is 0 Å². The van der Waals surface area contributed by atoms with Gasteiger partial charge in [-0.1, -0.05) is 0 Å². The summed E-state index contributed by atoms with van der Waals surface area (Å²) >= 11 is 0. The highest BCUT2D eigenvalue weighted by molar-refractivity contribution is 5.13. The fourth-order valence-electron chi connectivity index (χ4n) is 2.65. The molecule has 0 aliphatic heterocycles. The molecule has 0 aliphatic carbocycles. The molecule has 0 aromatic carbocycles. The summed E-state index contributed by atoms with van der Waals surface area (Å²) < 4.78 is 6.28. The van der Waals surface area contributed by atoms with Crippen LogP contribution in [0.1, 0.15) is 51.6 Å². The first-order chi connectivity index (χ1) is 12.4. The highest BCUT2D eigenvalue weighted by Gasteiger charge is 2.02. The van der Waals surface area contributed by atoms with Crippen LogP contribution in [0.15, 0.2) is 0 Å². The van der Waals surface area contributed by atoms with Gasteiger partial charge in [0.2, 0.25) is 0 Å². The average Bonchev–Trinajstić information content (AvgIpc) is 3.07. The monoisotopic (exact) mass is 372 g/mol. The maximum absolute atomic E-state index is 4.27. The van der Waals surface area contributed by atoms with Gasteiger partial charge >= 0.3 is 0 Å². The van der Waals surface area contributed by atoms with Gasteiger partial charge in [-0.05, 0) is 62.3 Å². The van der Waals surface area contributed by atoms with Crippen molar-refractivity contribution in [1.82, 2.24) is 28.7 Å². The molecule has 0 unspecified atom stereocenters. The van der Waals surface area contributed by atoms with Crippen molar-refractivity contribution in [2.24, 2.45) is 21.1 Å². The van der Waals surface area contributed by atoms with E-state index in [1.165, 1.54) is 17.1 Å². The van der Waals surface area contributed by atoms with E-state index in [1.807, 2.05) is 62.7 Å². The molecule has 0 spiro atoms. The second kappa shape index (κ2) is 9.02. The summed E-state index contributed by atoms with van der Waals surface area (Å²) in [6.45, 7) is 18.4. The third-order valence-corrected chi connectivity index (χ3v) is 5.52. The molecule has 0 saturated carbocycles. The van der Waals surface area contributed by atoms with E-state index < -0.39 is 0 Å². The summed E-state index contributed by atoms with van der Waals surface area (Å²) in [5, 5.41) is 0. The molecule has 6 nitrogen and oxygen atoms in total. The van der Waals surface area contributed by atoms with Crippen molar-refractivity contribution in [1.29, 1.82) is 0 Å². The first-order valence-corrected chi connectivity index (χ1v) is 9.27. The fourth-order valence-corrected chi connectivity index (χ4v) is 2.65. The van der Waals surface area contributed by atoms with E-state index >= 15 is 0 Å². The zero-order chi connectivity index (χ0) is 21.0. The van der Waals surface area contributed by atoms with Crippen LogP contribution < -0.4 is 0 Å². The number of imidazole rings is 3. The maximum Gasteiger partial charge on any atom is 0.105 e. The van der Waals surface area contributed by atoms with Crippen LogP contribution in [-0.4, -0.2) is 28.7 Å². The zero-order valence-corrected chi connectivity index (χ0v) is 19.2. The molecule has 0 bridgehead atoms. The van der Waals surface area contributed by atoms with Gasteiger partial charge in [-0.15, -0.1) is 0 Å². The molecule has 27 heavy (non-hydrogen) atoms. The van der Waals surface area contributed by atoms with Crippen LogP contribution in [0.3, 0.4) is 0 Å². The third-order valence-electron chi connectivity index (χ3n) is 5.52. The van der Waals surface area contributed by atoms with Crippen LogP contribution in [0.4, 0.5) is 0 Å². The molecule has 3 heterocycles. The fraction of sp³-hybridized carbons (Fsp3) is 0.571. The van der Waals surface area contributed by atoms with Crippen molar-refractivity contribution in [3.8, 4) is 0 Å². The van der Waals surface area contributed by atoms with Crippen molar-refractivity contribution in [2.45, 2.75) is 62.3 Å². The van der Waals surface area contributed by atoms with E-state index in [4.69, 9.17) is 0 Å². The molecule has 0 N–H and O–H groups in total. The summed E-state index contributed by atoms with van der Waals surface area (Å²) in [6, 6.07) is 0. The van der Waals surface area contributed by atoms with Crippen molar-refractivity contribution >= 4 is 0 Å². The average molecular weight is 373 g/mol. The lowest BCUT2D eigenvalue weighted by molar-refractivity contribution is 0.827. The van der Waals surface area contributed by atoms with Gasteiger partial charge < -0.3 is 13.7 Å². The molecule has 3 rings (SSSR count). The predicted octanol–water partition coefficient (Wildman–Crippen LogP) is 4.04. The summed E-state index contributed by atoms with van der Waals surface area (Å²) in [7, 11) is 6.10. The summed E-state index contributed by atoms with van der Waals surface area (Å²) in [5.74, 6) is 3.26. The molecule has 3 aromatic heterocycles. The Kier molecular flexibility index (Phi) is 7.57. The topological polar surface area (TPSA) is 53.5 Å². The minimum absolute atomic E-state index is 1.09. The Labute approximate surface area is 164 Å². The Balaban J connectivity index is 0.000000202. The van der Waals surface area contributed by atoms with Crippen LogP contribution in [0, 0.1) is 62.3 Å². The van der Waals surface area contributed by atoms with Crippen LogP contribution >= 0.6 is 0 Å². The molecular weight excluding hydrogens is 336 g/mol. The zero-order valence-electron chi connectivity index (χ0n) is 19.2. The lowest BCUT2D eigenvalue weighted by Gasteiger charge is -1.94. The maximum atomic E-state index is 4.27. The van der Waals surface area contributed by atoms with Crippen LogP contribution in [0.25, 0.3) is 0 Å². The molecule has 0 saturated heterocycles. The standard InChI is InChI=1S/3C7H12N2/c3*1-5-6(2)9(4)7(3)8-5/h3*1-4H3. The number of nitrogens with zero attached hydrogens (tertiary/aromatic N) is 6. The smallest absolute Gasteiger partial charge is 0.105 e. The Morgan fingerprint density at radius 2 is 0.593 bits per heavy atom. The minimum atomic E-state index is 1.09.